The van der Waals surface area contributed by atoms with Gasteiger partial charge in [0, 0.05) is 18.0 Å². The Hall–Kier alpha value is -2.15. The van der Waals surface area contributed by atoms with Crippen molar-refractivity contribution in [2.45, 2.75) is 43.9 Å². The molecule has 0 amide bonds. The Bertz CT molecular complexity index is 921. The molecule has 0 aliphatic carbocycles. The van der Waals surface area contributed by atoms with Gasteiger partial charge in [-0.05, 0) is 50.7 Å². The monoisotopic (exact) mass is 484 g/mol. The van der Waals surface area contributed by atoms with E-state index < -0.39 is 17.6 Å². The van der Waals surface area contributed by atoms with Crippen LogP contribution < -0.4 is 10.6 Å². The Balaban J connectivity index is 2.10. The summed E-state index contributed by atoms with van der Waals surface area (Å²) in [6, 6.07) is 1.49. The van der Waals surface area contributed by atoms with Crippen molar-refractivity contribution in [3.8, 4) is 0 Å². The Morgan fingerprint density at radius 2 is 2.34 bits per heavy atom. The Morgan fingerprint density at radius 1 is 1.59 bits per heavy atom. The number of hydrogen-bond donors (Lipinski definition) is 2. The van der Waals surface area contributed by atoms with E-state index in [-0.39, 0.29) is 32.0 Å². The third kappa shape index (κ3) is 6.92. The zero-order valence-electron chi connectivity index (χ0n) is 18.1. The smallest absolute Gasteiger partial charge is 0.355 e. The zero-order valence-corrected chi connectivity index (χ0v) is 20.0. The number of alkyl halides is 2. The number of aromatic nitrogens is 1. The second-order valence-electron chi connectivity index (χ2n) is 7.13. The highest BCUT2D eigenvalue weighted by Crippen LogP contribution is 2.33. The molecule has 4 unspecified atom stereocenters. The van der Waals surface area contributed by atoms with Crippen molar-refractivity contribution in [1.29, 1.82) is 0 Å². The van der Waals surface area contributed by atoms with Crippen LogP contribution >= 0.6 is 20.8 Å². The minimum absolute atomic E-state index is 0.105. The number of nitrogens with one attached hydrogen (secondary N) is 2. The van der Waals surface area contributed by atoms with Crippen LogP contribution in [0.1, 0.15) is 24.6 Å². The molecule has 0 radical (unpaired) electrons. The predicted octanol–water partition coefficient (Wildman–Crippen LogP) is 3.83. The fourth-order valence-electron chi connectivity index (χ4n) is 3.02. The lowest BCUT2D eigenvalue weighted by molar-refractivity contribution is -0.138. The first kappa shape index (κ1) is 26.1. The van der Waals surface area contributed by atoms with E-state index in [0.29, 0.717) is 22.0 Å². The predicted molar refractivity (Wildman–Crippen MR) is 127 cm³/mol. The van der Waals surface area contributed by atoms with E-state index in [4.69, 9.17) is 16.3 Å². The fraction of sp³-hybridized carbons (Fsp3) is 0.409. The van der Waals surface area contributed by atoms with Crippen molar-refractivity contribution in [2.24, 2.45) is 4.99 Å². The van der Waals surface area contributed by atoms with Crippen LogP contribution in [-0.4, -0.2) is 48.4 Å². The van der Waals surface area contributed by atoms with Gasteiger partial charge in [-0.1, -0.05) is 26.9 Å². The van der Waals surface area contributed by atoms with E-state index in [9.17, 15) is 13.6 Å². The number of halogens is 3. The van der Waals surface area contributed by atoms with Gasteiger partial charge in [0.05, 0.1) is 29.9 Å². The van der Waals surface area contributed by atoms with Crippen molar-refractivity contribution in [1.82, 2.24) is 15.6 Å². The molecule has 1 aliphatic rings. The highest BCUT2D eigenvalue weighted by Gasteiger charge is 2.32. The topological polar surface area (TPSA) is 75.6 Å². The molecule has 2 rings (SSSR count). The average Bonchev–Trinajstić information content (AvgIpc) is 2.78. The second kappa shape index (κ2) is 12.2. The number of carbonyl (C=O) groups is 1. The van der Waals surface area contributed by atoms with E-state index >= 15 is 0 Å². The van der Waals surface area contributed by atoms with Crippen molar-refractivity contribution >= 4 is 33.0 Å². The number of pyridine rings is 1. The SMILES string of the molecule is C=CC(F)C(F)(P)CCc1ncc(CN=CC2=C(C(=O)OCC)NC=CC2NC)cc1Cl. The van der Waals surface area contributed by atoms with Crippen molar-refractivity contribution in [3.63, 3.8) is 0 Å². The van der Waals surface area contributed by atoms with Crippen LogP contribution in [0.25, 0.3) is 0 Å². The Kier molecular flexibility index (Phi) is 9.94. The summed E-state index contributed by atoms with van der Waals surface area (Å²) >= 11 is 6.29. The average molecular weight is 485 g/mol. The van der Waals surface area contributed by atoms with Crippen LogP contribution in [0.5, 0.6) is 0 Å². The highest BCUT2D eigenvalue weighted by molar-refractivity contribution is 7.18. The van der Waals surface area contributed by atoms with Gasteiger partial charge >= 0.3 is 5.97 Å². The molecule has 0 spiro atoms. The van der Waals surface area contributed by atoms with Crippen LogP contribution in [0.4, 0.5) is 8.78 Å². The second-order valence-corrected chi connectivity index (χ2v) is 8.49. The molecule has 1 aromatic heterocycles. The summed E-state index contributed by atoms with van der Waals surface area (Å²) in [6.07, 6.45) is 5.95. The van der Waals surface area contributed by atoms with Crippen LogP contribution in [-0.2, 0) is 22.5 Å². The maximum absolute atomic E-state index is 14.3. The normalized spacial score (nSPS) is 18.9. The maximum Gasteiger partial charge on any atom is 0.355 e. The molecule has 2 heterocycles. The van der Waals surface area contributed by atoms with E-state index in [2.05, 4.69) is 27.2 Å². The first-order valence-corrected chi connectivity index (χ1v) is 11.1. The molecule has 1 aliphatic heterocycles. The van der Waals surface area contributed by atoms with Crippen LogP contribution in [0.3, 0.4) is 0 Å². The number of ether oxygens (including phenoxy) is 1. The van der Waals surface area contributed by atoms with Gasteiger partial charge < -0.3 is 15.4 Å². The van der Waals surface area contributed by atoms with E-state index in [1.165, 1.54) is 0 Å². The molecule has 0 aromatic carbocycles. The van der Waals surface area contributed by atoms with Gasteiger partial charge in [0.2, 0.25) is 0 Å². The first-order valence-electron chi connectivity index (χ1n) is 10.1. The maximum atomic E-state index is 14.3. The third-order valence-corrected chi connectivity index (χ3v) is 5.75. The van der Waals surface area contributed by atoms with E-state index in [1.807, 2.05) is 15.3 Å². The molecule has 4 atom stereocenters. The minimum Gasteiger partial charge on any atom is -0.461 e. The van der Waals surface area contributed by atoms with Crippen LogP contribution in [0.2, 0.25) is 5.02 Å². The number of hydrogen-bond acceptors (Lipinski definition) is 6. The number of esters is 1. The van der Waals surface area contributed by atoms with Gasteiger partial charge in [0.15, 0.2) is 11.6 Å². The molecular weight excluding hydrogens is 457 g/mol. The first-order chi connectivity index (χ1) is 15.2. The van der Waals surface area contributed by atoms with Crippen molar-refractivity contribution in [2.75, 3.05) is 13.7 Å². The standard InChI is InChI=1S/C22H28ClF2N4O2P/c1-4-19(24)22(25,32)8-6-18-16(23)10-14(12-29-18)11-27-13-15-17(26-3)7-9-28-20(15)21(30)31-5-2/h4,7,9-10,12-13,17,19,26,28H,1,5-6,8,11,32H2,2-3H3. The molecule has 0 saturated heterocycles. The summed E-state index contributed by atoms with van der Waals surface area (Å²) in [5, 5.41) is 4.26. The summed E-state index contributed by atoms with van der Waals surface area (Å²) in [5.74, 6) is -0.461. The molecule has 10 heteroatoms. The van der Waals surface area contributed by atoms with Gasteiger partial charge in [-0.3, -0.25) is 9.98 Å². The molecule has 1 aromatic rings. The van der Waals surface area contributed by atoms with Gasteiger partial charge in [-0.2, -0.15) is 0 Å². The Labute approximate surface area is 194 Å². The quantitative estimate of drug-likeness (QED) is 0.216. The largest absolute Gasteiger partial charge is 0.461 e. The number of dihydropyridines is 1. The number of aliphatic imine (C=N–C) groups is 1. The highest BCUT2D eigenvalue weighted by atomic mass is 35.5. The number of rotatable bonds is 11. The van der Waals surface area contributed by atoms with Crippen molar-refractivity contribution < 1.29 is 18.3 Å². The third-order valence-electron chi connectivity index (χ3n) is 4.82. The fourth-order valence-corrected chi connectivity index (χ4v) is 3.58. The number of nitrogens with zero attached hydrogens (tertiary/aromatic N) is 2. The van der Waals surface area contributed by atoms with Crippen LogP contribution in [0.15, 0.2) is 53.5 Å². The Morgan fingerprint density at radius 3 is 2.97 bits per heavy atom. The molecule has 174 valence electrons. The summed E-state index contributed by atoms with van der Waals surface area (Å²) in [6.45, 7) is 5.56. The number of carbonyl (C=O) groups excluding carboxylic acids is 1. The van der Waals surface area contributed by atoms with Crippen molar-refractivity contribution in [3.05, 3.63) is 64.7 Å². The number of aryl methyl sites for hydroxylation is 1. The molecule has 2 N–H and O–H groups in total. The van der Waals surface area contributed by atoms with E-state index in [1.54, 1.807) is 38.6 Å². The zero-order chi connectivity index (χ0) is 23.7. The number of allylic oxidation sites excluding steroid dienone is 1. The van der Waals surface area contributed by atoms with Gasteiger partial charge in [0.25, 0.3) is 0 Å². The molecule has 0 saturated carbocycles. The summed E-state index contributed by atoms with van der Waals surface area (Å²) in [5.41, 5.74) is 2.18. The molecule has 32 heavy (non-hydrogen) atoms. The molecule has 6 nitrogen and oxygen atoms in total. The number of likely N-dealkylation sites (N-methyl/N-ethyl adjacent to an activating group) is 1. The van der Waals surface area contributed by atoms with E-state index in [0.717, 1.165) is 11.6 Å². The van der Waals surface area contributed by atoms with Gasteiger partial charge in [-0.25, -0.2) is 13.6 Å². The van der Waals surface area contributed by atoms with Crippen LogP contribution in [0, 0.1) is 0 Å². The summed E-state index contributed by atoms with van der Waals surface area (Å²) < 4.78 is 33.0. The lowest BCUT2D eigenvalue weighted by Crippen LogP contribution is -2.35. The van der Waals surface area contributed by atoms with Gasteiger partial charge in [0.1, 0.15) is 5.70 Å². The summed E-state index contributed by atoms with van der Waals surface area (Å²) in [7, 11) is 3.67. The summed E-state index contributed by atoms with van der Waals surface area (Å²) in [4.78, 5) is 20.9. The lowest BCUT2D eigenvalue weighted by Gasteiger charge is -2.22. The molecular formula is C22H28ClF2N4O2P. The molecule has 0 bridgehead atoms. The lowest BCUT2D eigenvalue weighted by atomic mass is 10.0. The molecule has 0 fully saturated rings. The van der Waals surface area contributed by atoms with Gasteiger partial charge in [-0.15, -0.1) is 6.58 Å². The minimum atomic E-state index is -2.12.